The first-order valence-corrected chi connectivity index (χ1v) is 20.4. The van der Waals surface area contributed by atoms with E-state index >= 15 is 4.79 Å². The van der Waals surface area contributed by atoms with Crippen molar-refractivity contribution >= 4 is 34.9 Å². The third-order valence-electron chi connectivity index (χ3n) is 15.3. The highest BCUT2D eigenvalue weighted by Gasteiger charge is 2.79. The van der Waals surface area contributed by atoms with Gasteiger partial charge in [0.25, 0.3) is 0 Å². The molecule has 1 aliphatic carbocycles. The summed E-state index contributed by atoms with van der Waals surface area (Å²) in [4.78, 5) is 52.5. The van der Waals surface area contributed by atoms with Gasteiger partial charge >= 0.3 is 11.9 Å². The molecule has 2 bridgehead atoms. The number of benzene rings is 2. The van der Waals surface area contributed by atoms with Crippen LogP contribution in [0.5, 0.6) is 5.75 Å². The second-order valence-corrected chi connectivity index (χ2v) is 17.5. The molecule has 304 valence electrons. The number of aliphatic hydroxyl groups excluding tert-OH is 1. The number of aliphatic hydroxyl groups is 3. The Hall–Kier alpha value is -4.27. The standard InChI is InChI=1S/C44H54N4O9/c1-6-40(53)21-26-22-43(38(51)56-4,34-28(13-17-46(23-26)24-40)27-11-8-9-12-31(27)45-34)30-19-29-32(20-33(30)55-3)48(25-49)36-42(29)15-18-47-16-10-14-41(7-2,35(42)47)37(50)44(36,54)39(52)57-5/h8-12,14,19-20,25-26,35-37,45,50,53-54H,6-7,13,15-18,21-24H2,1-5H3. The van der Waals surface area contributed by atoms with Crippen molar-refractivity contribution in [1.29, 1.82) is 0 Å². The molecule has 2 saturated heterocycles. The lowest BCUT2D eigenvalue weighted by molar-refractivity contribution is -0.218. The average Bonchev–Trinajstić information content (AvgIpc) is 3.90. The average molecular weight is 783 g/mol. The maximum Gasteiger partial charge on any atom is 0.342 e. The number of aromatic amines is 1. The monoisotopic (exact) mass is 782 g/mol. The number of amides is 1. The number of esters is 2. The van der Waals surface area contributed by atoms with Crippen molar-refractivity contribution in [3.8, 4) is 5.75 Å². The van der Waals surface area contributed by atoms with Gasteiger partial charge in [-0.15, -0.1) is 0 Å². The summed E-state index contributed by atoms with van der Waals surface area (Å²) in [5, 5.41) is 38.2. The zero-order chi connectivity index (χ0) is 40.3. The van der Waals surface area contributed by atoms with Crippen LogP contribution in [0.3, 0.4) is 0 Å². The number of methoxy groups -OCH3 is 3. The maximum atomic E-state index is 15.2. The molecule has 6 aliphatic rings. The van der Waals surface area contributed by atoms with Gasteiger partial charge in [0.05, 0.1) is 38.7 Å². The summed E-state index contributed by atoms with van der Waals surface area (Å²) in [6, 6.07) is 10.1. The van der Waals surface area contributed by atoms with Crippen molar-refractivity contribution in [3.05, 3.63) is 70.9 Å². The third kappa shape index (κ3) is 4.77. The van der Waals surface area contributed by atoms with Crippen LogP contribution in [0.15, 0.2) is 48.6 Å². The highest BCUT2D eigenvalue weighted by molar-refractivity contribution is 5.96. The van der Waals surface area contributed by atoms with E-state index in [1.54, 1.807) is 6.07 Å². The molecule has 6 heterocycles. The summed E-state index contributed by atoms with van der Waals surface area (Å²) in [5.74, 6) is -1.33. The van der Waals surface area contributed by atoms with Gasteiger partial charge in [-0.05, 0) is 74.2 Å². The summed E-state index contributed by atoms with van der Waals surface area (Å²) in [6.07, 6.45) is 5.71. The van der Waals surface area contributed by atoms with E-state index in [1.807, 2.05) is 50.3 Å². The largest absolute Gasteiger partial charge is 0.496 e. The molecule has 3 aromatic rings. The topological polar surface area (TPSA) is 165 Å². The molecule has 1 aromatic heterocycles. The second-order valence-electron chi connectivity index (χ2n) is 17.5. The summed E-state index contributed by atoms with van der Waals surface area (Å²) in [5.41, 5.74) is -2.95. The van der Waals surface area contributed by atoms with Crippen LogP contribution in [0, 0.1) is 11.3 Å². The summed E-state index contributed by atoms with van der Waals surface area (Å²) < 4.78 is 17.4. The van der Waals surface area contributed by atoms with Gasteiger partial charge in [-0.1, -0.05) is 44.2 Å². The third-order valence-corrected chi connectivity index (χ3v) is 15.3. The zero-order valence-corrected chi connectivity index (χ0v) is 33.4. The van der Waals surface area contributed by atoms with Crippen LogP contribution in [0.1, 0.15) is 68.3 Å². The fourth-order valence-electron chi connectivity index (χ4n) is 13.0. The molecule has 10 atom stereocenters. The first-order valence-electron chi connectivity index (χ1n) is 20.4. The van der Waals surface area contributed by atoms with E-state index in [4.69, 9.17) is 14.2 Å². The van der Waals surface area contributed by atoms with Gasteiger partial charge in [-0.2, -0.15) is 0 Å². The van der Waals surface area contributed by atoms with Gasteiger partial charge < -0.3 is 39.4 Å². The minimum absolute atomic E-state index is 0.136. The van der Waals surface area contributed by atoms with Crippen LogP contribution in [0.4, 0.5) is 5.69 Å². The Morgan fingerprint density at radius 3 is 2.46 bits per heavy atom. The minimum atomic E-state index is -2.52. The Morgan fingerprint density at radius 2 is 1.75 bits per heavy atom. The normalized spacial score (nSPS) is 37.9. The Bertz CT molecular complexity index is 2190. The molecule has 9 rings (SSSR count). The lowest BCUT2D eigenvalue weighted by atomic mass is 9.47. The summed E-state index contributed by atoms with van der Waals surface area (Å²) >= 11 is 0. The number of nitrogens with zero attached hydrogens (tertiary/aromatic N) is 3. The van der Waals surface area contributed by atoms with Crippen molar-refractivity contribution < 1.29 is 43.9 Å². The predicted molar refractivity (Wildman–Crippen MR) is 211 cm³/mol. The molecule has 1 spiro atoms. The van der Waals surface area contributed by atoms with Crippen LogP contribution in [-0.4, -0.2) is 132 Å². The van der Waals surface area contributed by atoms with Crippen molar-refractivity contribution in [1.82, 2.24) is 14.8 Å². The number of hydrogen-bond donors (Lipinski definition) is 4. The minimum Gasteiger partial charge on any atom is -0.496 e. The number of anilines is 1. The first kappa shape index (κ1) is 38.3. The maximum absolute atomic E-state index is 15.2. The number of rotatable bonds is 7. The molecule has 5 aliphatic heterocycles. The molecule has 1 amide bonds. The Balaban J connectivity index is 1.38. The molecular formula is C44H54N4O9. The number of H-pyrrole nitrogens is 1. The van der Waals surface area contributed by atoms with Crippen LogP contribution in [0.25, 0.3) is 10.9 Å². The van der Waals surface area contributed by atoms with Gasteiger partial charge in [0.15, 0.2) is 0 Å². The molecule has 1 saturated carbocycles. The number of ether oxygens (including phenoxy) is 3. The van der Waals surface area contributed by atoms with Crippen molar-refractivity contribution in [2.45, 2.75) is 92.6 Å². The number of carbonyl (C=O) groups is 3. The predicted octanol–water partition coefficient (Wildman–Crippen LogP) is 2.95. The molecule has 10 unspecified atom stereocenters. The molecule has 13 nitrogen and oxygen atoms in total. The molecule has 4 N–H and O–H groups in total. The molecule has 3 fully saturated rings. The van der Waals surface area contributed by atoms with E-state index in [0.29, 0.717) is 99.5 Å². The lowest BCUT2D eigenvalue weighted by Gasteiger charge is -2.62. The van der Waals surface area contributed by atoms with Crippen LogP contribution >= 0.6 is 0 Å². The molecule has 13 heteroatoms. The van der Waals surface area contributed by atoms with Crippen LogP contribution in [0.2, 0.25) is 0 Å². The van der Waals surface area contributed by atoms with E-state index < -0.39 is 57.6 Å². The van der Waals surface area contributed by atoms with Gasteiger partial charge in [-0.25, -0.2) is 4.79 Å². The molecule has 2 aromatic carbocycles. The number of hydrogen-bond acceptors (Lipinski definition) is 11. The van der Waals surface area contributed by atoms with Gasteiger partial charge in [0.1, 0.15) is 17.3 Å². The number of aromatic nitrogens is 1. The number of carbonyl (C=O) groups excluding carboxylic acids is 3. The quantitative estimate of drug-likeness (QED) is 0.158. The number of fused-ring (bicyclic) bond motifs is 6. The fraction of sp³-hybridized carbons (Fsp3) is 0.568. The summed E-state index contributed by atoms with van der Waals surface area (Å²) in [6.45, 7) is 7.01. The Kier molecular flexibility index (Phi) is 8.81. The van der Waals surface area contributed by atoms with Crippen LogP contribution < -0.4 is 9.64 Å². The van der Waals surface area contributed by atoms with Crippen molar-refractivity contribution in [2.75, 3.05) is 59.0 Å². The summed E-state index contributed by atoms with van der Waals surface area (Å²) in [7, 11) is 4.11. The number of piperidine rings is 1. The molecule has 0 radical (unpaired) electrons. The number of para-hydroxylation sites is 1. The zero-order valence-electron chi connectivity index (χ0n) is 33.4. The highest BCUT2D eigenvalue weighted by Crippen LogP contribution is 2.67. The van der Waals surface area contributed by atoms with Gasteiger partial charge in [-0.3, -0.25) is 19.4 Å². The van der Waals surface area contributed by atoms with Crippen LogP contribution in [-0.2, 0) is 41.1 Å². The highest BCUT2D eigenvalue weighted by atomic mass is 16.5. The van der Waals surface area contributed by atoms with E-state index in [1.165, 1.54) is 26.2 Å². The molecular weight excluding hydrogens is 729 g/mol. The SMILES string of the molecule is CCC1(O)CC2CN(CCc3c([nH]c4ccccc34)C(C(=O)OC)(c3cc4c(cc3OC)N(C=O)C3C(O)(C(=O)OC)C(O)C5(CC)C=CCN6CCC43C65)C2)C1. The Morgan fingerprint density at radius 1 is 0.982 bits per heavy atom. The van der Waals surface area contributed by atoms with E-state index in [-0.39, 0.29) is 12.3 Å². The lowest BCUT2D eigenvalue weighted by Crippen LogP contribution is -2.81. The second kappa shape index (κ2) is 13.1. The number of nitrogens with one attached hydrogen (secondary N) is 1. The van der Waals surface area contributed by atoms with Gasteiger partial charge in [0, 0.05) is 71.3 Å². The first-order chi connectivity index (χ1) is 27.4. The Labute approximate surface area is 332 Å². The van der Waals surface area contributed by atoms with E-state index in [2.05, 4.69) is 20.9 Å². The van der Waals surface area contributed by atoms with Crippen molar-refractivity contribution in [2.24, 2.45) is 11.3 Å². The fourth-order valence-corrected chi connectivity index (χ4v) is 13.0. The van der Waals surface area contributed by atoms with E-state index in [0.717, 1.165) is 16.5 Å². The van der Waals surface area contributed by atoms with Gasteiger partial charge in [0.2, 0.25) is 12.0 Å². The van der Waals surface area contributed by atoms with E-state index in [9.17, 15) is 24.9 Å². The smallest absolute Gasteiger partial charge is 0.342 e. The van der Waals surface area contributed by atoms with Crippen molar-refractivity contribution in [3.63, 3.8) is 0 Å². The molecule has 57 heavy (non-hydrogen) atoms.